The van der Waals surface area contributed by atoms with E-state index in [0.29, 0.717) is 17.3 Å². The van der Waals surface area contributed by atoms with Crippen LogP contribution in [0, 0.1) is 0 Å². The average molecular weight is 300 g/mol. The Labute approximate surface area is 122 Å². The lowest BCUT2D eigenvalue weighted by Crippen LogP contribution is -2.42. The molecule has 0 saturated carbocycles. The molecule has 1 aromatic rings. The van der Waals surface area contributed by atoms with Gasteiger partial charge in [0, 0.05) is 0 Å². The highest BCUT2D eigenvalue weighted by molar-refractivity contribution is 6.32. The molecule has 1 rings (SSSR count). The summed E-state index contributed by atoms with van der Waals surface area (Å²) in [5.41, 5.74) is 5.10. The molecule has 0 aliphatic rings. The van der Waals surface area contributed by atoms with Crippen LogP contribution in [0.4, 0.5) is 0 Å². The van der Waals surface area contributed by atoms with Crippen molar-refractivity contribution in [2.24, 2.45) is 5.73 Å². The third-order valence-corrected chi connectivity index (χ3v) is 2.70. The second-order valence-corrected chi connectivity index (χ2v) is 4.55. The van der Waals surface area contributed by atoms with E-state index < -0.39 is 0 Å². The van der Waals surface area contributed by atoms with Crippen LogP contribution >= 0.6 is 11.6 Å². The molecule has 7 heteroatoms. The maximum absolute atomic E-state index is 11.4. The number of carbonyl (C=O) groups excluding carboxylic acids is 2. The zero-order valence-electron chi connectivity index (χ0n) is 11.2. The number of nitrogens with one attached hydrogen (secondary N) is 2. The van der Waals surface area contributed by atoms with Crippen LogP contribution in [-0.4, -0.2) is 37.6 Å². The highest BCUT2D eigenvalue weighted by Crippen LogP contribution is 2.23. The van der Waals surface area contributed by atoms with Gasteiger partial charge < -0.3 is 21.1 Å². The zero-order chi connectivity index (χ0) is 15.0. The molecule has 1 unspecified atom stereocenters. The van der Waals surface area contributed by atoms with E-state index in [-0.39, 0.29) is 31.0 Å². The lowest BCUT2D eigenvalue weighted by Gasteiger charge is -2.16. The molecule has 0 bridgehead atoms. The summed E-state index contributed by atoms with van der Waals surface area (Å²) in [5, 5.41) is 5.53. The van der Waals surface area contributed by atoms with Gasteiger partial charge in [-0.15, -0.1) is 0 Å². The first-order chi connectivity index (χ1) is 9.52. The molecule has 0 aliphatic carbocycles. The topological polar surface area (TPSA) is 93.5 Å². The molecule has 0 spiro atoms. The molecule has 0 aromatic heterocycles. The number of ether oxygens (including phenoxy) is 1. The smallest absolute Gasteiger partial charge is 0.239 e. The van der Waals surface area contributed by atoms with Crippen LogP contribution < -0.4 is 21.1 Å². The first-order valence-corrected chi connectivity index (χ1v) is 6.55. The van der Waals surface area contributed by atoms with Crippen LogP contribution in [0.5, 0.6) is 5.75 Å². The predicted molar refractivity (Wildman–Crippen MR) is 76.6 cm³/mol. The second kappa shape index (κ2) is 8.39. The van der Waals surface area contributed by atoms with Gasteiger partial charge in [-0.3, -0.25) is 9.59 Å². The van der Waals surface area contributed by atoms with E-state index in [2.05, 4.69) is 10.6 Å². The quantitative estimate of drug-likeness (QED) is 0.675. The molecule has 0 fully saturated rings. The van der Waals surface area contributed by atoms with Crippen LogP contribution in [0.2, 0.25) is 5.02 Å². The largest absolute Gasteiger partial charge is 0.487 e. The van der Waals surface area contributed by atoms with Crippen LogP contribution in [0.25, 0.3) is 0 Å². The van der Waals surface area contributed by atoms with Crippen molar-refractivity contribution in [2.75, 3.05) is 19.6 Å². The monoisotopic (exact) mass is 299 g/mol. The molecule has 1 atom stereocenters. The lowest BCUT2D eigenvalue weighted by atomic mass is 10.3. The number of hydrogen-bond acceptors (Lipinski definition) is 4. The molecule has 6 nitrogen and oxygen atoms in total. The fourth-order valence-corrected chi connectivity index (χ4v) is 1.55. The molecule has 0 radical (unpaired) electrons. The van der Waals surface area contributed by atoms with E-state index in [1.165, 1.54) is 0 Å². The lowest BCUT2D eigenvalue weighted by molar-refractivity contribution is -0.125. The van der Waals surface area contributed by atoms with E-state index in [9.17, 15) is 9.59 Å². The van der Waals surface area contributed by atoms with Crippen molar-refractivity contribution in [1.29, 1.82) is 0 Å². The molecule has 4 N–H and O–H groups in total. The van der Waals surface area contributed by atoms with Gasteiger partial charge in [0.2, 0.25) is 11.8 Å². The molecule has 0 saturated heterocycles. The van der Waals surface area contributed by atoms with Gasteiger partial charge in [-0.2, -0.15) is 0 Å². The van der Waals surface area contributed by atoms with E-state index in [4.69, 9.17) is 22.1 Å². The number of amides is 2. The summed E-state index contributed by atoms with van der Waals surface area (Å²) in [5.74, 6) is -0.116. The molecular weight excluding hydrogens is 282 g/mol. The molecule has 20 heavy (non-hydrogen) atoms. The van der Waals surface area contributed by atoms with Gasteiger partial charge in [-0.1, -0.05) is 23.7 Å². The van der Waals surface area contributed by atoms with Crippen molar-refractivity contribution in [3.63, 3.8) is 0 Å². The van der Waals surface area contributed by atoms with Gasteiger partial charge >= 0.3 is 0 Å². The van der Waals surface area contributed by atoms with E-state index in [1.54, 1.807) is 12.1 Å². The summed E-state index contributed by atoms with van der Waals surface area (Å²) in [6.45, 7) is 1.87. The Bertz CT molecular complexity index is 468. The minimum absolute atomic E-state index is 0.102. The summed E-state index contributed by atoms with van der Waals surface area (Å²) < 4.78 is 5.59. The van der Waals surface area contributed by atoms with Gasteiger partial charge in [0.05, 0.1) is 24.7 Å². The number of rotatable bonds is 7. The number of para-hydroxylation sites is 1. The van der Waals surface area contributed by atoms with Crippen molar-refractivity contribution >= 4 is 23.4 Å². The predicted octanol–water partition coefficient (Wildman–Crippen LogP) is 0.298. The van der Waals surface area contributed by atoms with Crippen LogP contribution in [0.15, 0.2) is 24.3 Å². The minimum atomic E-state index is -0.375. The third-order valence-electron chi connectivity index (χ3n) is 2.38. The number of hydrogen-bond donors (Lipinski definition) is 3. The van der Waals surface area contributed by atoms with Gasteiger partial charge in [-0.25, -0.2) is 0 Å². The summed E-state index contributed by atoms with van der Waals surface area (Å²) in [6, 6.07) is 7.10. The fourth-order valence-electron chi connectivity index (χ4n) is 1.37. The first-order valence-electron chi connectivity index (χ1n) is 6.17. The fraction of sp³-hybridized carbons (Fsp3) is 0.385. The van der Waals surface area contributed by atoms with Crippen molar-refractivity contribution in [1.82, 2.24) is 10.6 Å². The highest BCUT2D eigenvalue weighted by Gasteiger charge is 2.09. The molecule has 110 valence electrons. The number of carbonyl (C=O) groups is 2. The van der Waals surface area contributed by atoms with Crippen molar-refractivity contribution in [3.8, 4) is 5.75 Å². The third kappa shape index (κ3) is 5.90. The van der Waals surface area contributed by atoms with Crippen LogP contribution in [0.3, 0.4) is 0 Å². The van der Waals surface area contributed by atoms with Crippen LogP contribution in [0.1, 0.15) is 6.92 Å². The minimum Gasteiger partial charge on any atom is -0.487 e. The average Bonchev–Trinajstić information content (AvgIpc) is 2.45. The van der Waals surface area contributed by atoms with Crippen LogP contribution in [-0.2, 0) is 9.59 Å². The molecule has 2 amide bonds. The Kier molecular flexibility index (Phi) is 6.83. The molecule has 0 heterocycles. The van der Waals surface area contributed by atoms with Gasteiger partial charge in [0.1, 0.15) is 11.9 Å². The van der Waals surface area contributed by atoms with E-state index >= 15 is 0 Å². The second-order valence-electron chi connectivity index (χ2n) is 4.14. The Hall–Kier alpha value is -1.79. The maximum Gasteiger partial charge on any atom is 0.239 e. The van der Waals surface area contributed by atoms with Crippen molar-refractivity contribution < 1.29 is 14.3 Å². The van der Waals surface area contributed by atoms with Gasteiger partial charge in [0.15, 0.2) is 0 Å². The molecule has 1 aromatic carbocycles. The summed E-state index contributed by atoms with van der Waals surface area (Å²) in [4.78, 5) is 22.3. The zero-order valence-corrected chi connectivity index (χ0v) is 11.9. The summed E-state index contributed by atoms with van der Waals surface area (Å²) >= 11 is 5.96. The number of benzene rings is 1. The Morgan fingerprint density at radius 2 is 2.00 bits per heavy atom. The summed E-state index contributed by atoms with van der Waals surface area (Å²) in [6.07, 6.45) is -0.246. The Morgan fingerprint density at radius 1 is 1.30 bits per heavy atom. The van der Waals surface area contributed by atoms with E-state index in [1.807, 2.05) is 19.1 Å². The number of nitrogens with two attached hydrogens (primary N) is 1. The maximum atomic E-state index is 11.4. The van der Waals surface area contributed by atoms with Crippen molar-refractivity contribution in [2.45, 2.75) is 13.0 Å². The molecule has 0 aliphatic heterocycles. The van der Waals surface area contributed by atoms with E-state index in [0.717, 1.165) is 0 Å². The molecular formula is C13H18ClN3O3. The SMILES string of the molecule is CC(CNC(=O)CNC(=O)CN)Oc1ccccc1Cl. The normalized spacial score (nSPS) is 11.6. The summed E-state index contributed by atoms with van der Waals surface area (Å²) in [7, 11) is 0. The van der Waals surface area contributed by atoms with Crippen molar-refractivity contribution in [3.05, 3.63) is 29.3 Å². The van der Waals surface area contributed by atoms with Gasteiger partial charge in [-0.05, 0) is 19.1 Å². The highest BCUT2D eigenvalue weighted by atomic mass is 35.5. The Morgan fingerprint density at radius 3 is 2.65 bits per heavy atom. The Balaban J connectivity index is 2.29. The first kappa shape index (κ1) is 16.3. The van der Waals surface area contributed by atoms with Gasteiger partial charge in [0.25, 0.3) is 0 Å². The standard InChI is InChI=1S/C13H18ClN3O3/c1-9(20-11-5-3-2-4-10(11)14)7-16-13(19)8-17-12(18)6-15/h2-5,9H,6-8,15H2,1H3,(H,16,19)(H,17,18). The number of halogens is 1.